The van der Waals surface area contributed by atoms with Crippen molar-refractivity contribution in [3.63, 3.8) is 0 Å². The van der Waals surface area contributed by atoms with Crippen LogP contribution in [0.2, 0.25) is 0 Å². The predicted molar refractivity (Wildman–Crippen MR) is 60.2 cm³/mol. The van der Waals surface area contributed by atoms with E-state index in [1.807, 2.05) is 36.4 Å². The first kappa shape index (κ1) is 14.0. The Morgan fingerprint density at radius 3 is 1.54 bits per heavy atom. The van der Waals surface area contributed by atoms with Crippen LogP contribution in [0, 0.1) is 7.43 Å². The van der Waals surface area contributed by atoms with E-state index in [1.165, 1.54) is 5.56 Å². The molecule has 0 aliphatic carbocycles. The number of hydrogen-bond donors (Lipinski definition) is 0. The summed E-state index contributed by atoms with van der Waals surface area (Å²) >= 11 is 0. The fourth-order valence-corrected chi connectivity index (χ4v) is 0.589. The van der Waals surface area contributed by atoms with Gasteiger partial charge in [0.1, 0.15) is 0 Å². The Bertz CT molecular complexity index is 225. The summed E-state index contributed by atoms with van der Waals surface area (Å²) in [5.41, 5.74) is 1.17. The standard InChI is InChI=1S/C8H8.C4H6.C/c1-2-8-6-4-3-5-7-8;1-3-4-2;/h2-7H,1H2;3-4H,1-2H2;. The van der Waals surface area contributed by atoms with E-state index in [0.29, 0.717) is 0 Å². The molecule has 0 amide bonds. The van der Waals surface area contributed by atoms with Crippen LogP contribution in [0.25, 0.3) is 6.08 Å². The smallest absolute Gasteiger partial charge is 0 e. The Labute approximate surface area is 81.9 Å². The third-order valence-corrected chi connectivity index (χ3v) is 1.20. The molecule has 13 heavy (non-hydrogen) atoms. The molecule has 66 valence electrons. The number of hydrogen-bond acceptors (Lipinski definition) is 0. The number of benzene rings is 1. The lowest BCUT2D eigenvalue weighted by Crippen LogP contribution is -1.63. The molecule has 0 bridgehead atoms. The molecule has 0 saturated heterocycles. The molecule has 4 radical (unpaired) electrons. The first-order chi connectivity index (χ1) is 5.85. The van der Waals surface area contributed by atoms with Gasteiger partial charge >= 0.3 is 0 Å². The predicted octanol–water partition coefficient (Wildman–Crippen LogP) is 3.77. The fraction of sp³-hybridized carbons (Fsp3) is 0. The van der Waals surface area contributed by atoms with Crippen molar-refractivity contribution in [2.24, 2.45) is 0 Å². The quantitative estimate of drug-likeness (QED) is 0.593. The van der Waals surface area contributed by atoms with Crippen molar-refractivity contribution < 1.29 is 0 Å². The molecular weight excluding hydrogens is 156 g/mol. The first-order valence-corrected chi connectivity index (χ1v) is 3.76. The van der Waals surface area contributed by atoms with Crippen molar-refractivity contribution >= 4 is 6.08 Å². The molecule has 0 N–H and O–H groups in total. The molecule has 1 rings (SSSR count). The van der Waals surface area contributed by atoms with Crippen LogP contribution in [-0.4, -0.2) is 0 Å². The molecule has 0 heteroatoms. The molecule has 0 saturated carbocycles. The van der Waals surface area contributed by atoms with Crippen LogP contribution >= 0.6 is 0 Å². The highest BCUT2D eigenvalue weighted by Gasteiger charge is 1.75. The molecule has 0 nitrogen and oxygen atoms in total. The summed E-state index contributed by atoms with van der Waals surface area (Å²) in [4.78, 5) is 0. The number of rotatable bonds is 2. The van der Waals surface area contributed by atoms with Gasteiger partial charge in [-0.2, -0.15) is 0 Å². The van der Waals surface area contributed by atoms with E-state index in [4.69, 9.17) is 0 Å². The van der Waals surface area contributed by atoms with E-state index in [0.717, 1.165) is 0 Å². The summed E-state index contributed by atoms with van der Waals surface area (Å²) in [5, 5.41) is 0. The zero-order chi connectivity index (χ0) is 9.23. The molecule has 0 aromatic heterocycles. The Kier molecular flexibility index (Phi) is 11.2. The van der Waals surface area contributed by atoms with E-state index >= 15 is 0 Å². The summed E-state index contributed by atoms with van der Waals surface area (Å²) in [5.74, 6) is 0. The third-order valence-electron chi connectivity index (χ3n) is 1.20. The SMILES string of the molecule is C=CC=C.C=Cc1ccccc1.[C]. The largest absolute Gasteiger partial charge is 0.0991 e. The van der Waals surface area contributed by atoms with Gasteiger partial charge in [0.05, 0.1) is 0 Å². The second-order valence-corrected chi connectivity index (χ2v) is 2.09. The zero-order valence-corrected chi connectivity index (χ0v) is 7.74. The Hall–Kier alpha value is -1.56. The maximum atomic E-state index is 3.63. The van der Waals surface area contributed by atoms with E-state index in [1.54, 1.807) is 12.2 Å². The van der Waals surface area contributed by atoms with Gasteiger partial charge in [0.15, 0.2) is 0 Å². The summed E-state index contributed by atoms with van der Waals surface area (Å²) < 4.78 is 0. The molecule has 0 aliphatic rings. The zero-order valence-electron chi connectivity index (χ0n) is 7.74. The van der Waals surface area contributed by atoms with Crippen LogP contribution in [0.15, 0.2) is 62.2 Å². The minimum absolute atomic E-state index is 0. The lowest BCUT2D eigenvalue weighted by atomic mass is 10.2. The average molecular weight is 170 g/mol. The maximum absolute atomic E-state index is 3.63. The molecule has 0 fully saturated rings. The van der Waals surface area contributed by atoms with Crippen LogP contribution in [-0.2, 0) is 0 Å². The van der Waals surface area contributed by atoms with Gasteiger partial charge in [0, 0.05) is 7.43 Å². The van der Waals surface area contributed by atoms with Crippen LogP contribution in [0.4, 0.5) is 0 Å². The van der Waals surface area contributed by atoms with Gasteiger partial charge in [-0.1, -0.05) is 68.3 Å². The van der Waals surface area contributed by atoms with Crippen LogP contribution in [0.5, 0.6) is 0 Å². The summed E-state index contributed by atoms with van der Waals surface area (Å²) in [7, 11) is 0. The van der Waals surface area contributed by atoms with Crippen molar-refractivity contribution in [1.29, 1.82) is 0 Å². The van der Waals surface area contributed by atoms with E-state index in [-0.39, 0.29) is 7.43 Å². The molecule has 0 heterocycles. The summed E-state index contributed by atoms with van der Waals surface area (Å²) in [6, 6.07) is 10.0. The van der Waals surface area contributed by atoms with Gasteiger partial charge < -0.3 is 0 Å². The van der Waals surface area contributed by atoms with Crippen LogP contribution in [0.3, 0.4) is 0 Å². The summed E-state index contributed by atoms with van der Waals surface area (Å²) in [6.07, 6.45) is 5.11. The Morgan fingerprint density at radius 1 is 0.846 bits per heavy atom. The Morgan fingerprint density at radius 2 is 1.31 bits per heavy atom. The molecule has 1 aromatic carbocycles. The monoisotopic (exact) mass is 170 g/mol. The van der Waals surface area contributed by atoms with E-state index in [2.05, 4.69) is 19.7 Å². The third kappa shape index (κ3) is 8.35. The van der Waals surface area contributed by atoms with E-state index in [9.17, 15) is 0 Å². The second kappa shape index (κ2) is 10.4. The molecule has 0 atom stereocenters. The van der Waals surface area contributed by atoms with Crippen molar-refractivity contribution in [1.82, 2.24) is 0 Å². The van der Waals surface area contributed by atoms with Gasteiger partial charge in [0.2, 0.25) is 0 Å². The fourth-order valence-electron chi connectivity index (χ4n) is 0.589. The molecule has 0 unspecified atom stereocenters. The number of allylic oxidation sites excluding steroid dienone is 2. The normalized spacial score (nSPS) is 6.77. The highest BCUT2D eigenvalue weighted by Crippen LogP contribution is 1.97. The van der Waals surface area contributed by atoms with Crippen LogP contribution in [0.1, 0.15) is 5.56 Å². The van der Waals surface area contributed by atoms with Crippen molar-refractivity contribution in [2.45, 2.75) is 0 Å². The molecule has 0 spiro atoms. The van der Waals surface area contributed by atoms with Gasteiger partial charge in [0.25, 0.3) is 0 Å². The van der Waals surface area contributed by atoms with Crippen molar-refractivity contribution in [2.75, 3.05) is 0 Å². The van der Waals surface area contributed by atoms with Gasteiger partial charge in [-0.05, 0) is 5.56 Å². The van der Waals surface area contributed by atoms with Crippen molar-refractivity contribution in [3.8, 4) is 0 Å². The summed E-state index contributed by atoms with van der Waals surface area (Å²) in [6.45, 7) is 10.4. The first-order valence-electron chi connectivity index (χ1n) is 3.76. The van der Waals surface area contributed by atoms with Gasteiger partial charge in [-0.25, -0.2) is 0 Å². The van der Waals surface area contributed by atoms with E-state index < -0.39 is 0 Å². The molecule has 0 aliphatic heterocycles. The Balaban J connectivity index is 0. The minimum atomic E-state index is 0. The highest BCUT2D eigenvalue weighted by molar-refractivity contribution is 5.45. The lowest BCUT2D eigenvalue weighted by Gasteiger charge is -1.85. The molecular formula is C13H14. The average Bonchev–Trinajstić information content (AvgIpc) is 2.19. The minimum Gasteiger partial charge on any atom is -0.0991 e. The topological polar surface area (TPSA) is 0 Å². The van der Waals surface area contributed by atoms with Gasteiger partial charge in [-0.3, -0.25) is 0 Å². The van der Waals surface area contributed by atoms with Crippen LogP contribution < -0.4 is 0 Å². The lowest BCUT2D eigenvalue weighted by molar-refractivity contribution is 1.67. The molecule has 1 aromatic rings. The van der Waals surface area contributed by atoms with Gasteiger partial charge in [-0.15, -0.1) is 0 Å². The second-order valence-electron chi connectivity index (χ2n) is 2.09. The highest BCUT2D eigenvalue weighted by atomic mass is 13.8. The maximum Gasteiger partial charge on any atom is 0 e. The van der Waals surface area contributed by atoms with Crippen molar-refractivity contribution in [3.05, 3.63) is 75.2 Å².